The monoisotopic (exact) mass is 518 g/mol. The zero-order valence-electron chi connectivity index (χ0n) is 23.3. The van der Waals surface area contributed by atoms with E-state index >= 15 is 0 Å². The highest BCUT2D eigenvalue weighted by Gasteiger charge is 2.20. The fourth-order valence-corrected chi connectivity index (χ4v) is 3.36. The number of pyridine rings is 1. The molecule has 0 aliphatic heterocycles. The van der Waals surface area contributed by atoms with Gasteiger partial charge < -0.3 is 20.7 Å². The highest BCUT2D eigenvalue weighted by atomic mass is 16.6. The molecule has 38 heavy (non-hydrogen) atoms. The predicted molar refractivity (Wildman–Crippen MR) is 151 cm³/mol. The number of nitrogens with one attached hydrogen (secondary N) is 3. The van der Waals surface area contributed by atoms with Gasteiger partial charge in [0.15, 0.2) is 5.82 Å². The van der Waals surface area contributed by atoms with Crippen LogP contribution in [0.25, 0.3) is 11.3 Å². The van der Waals surface area contributed by atoms with Crippen LogP contribution in [0.15, 0.2) is 61.3 Å². The normalized spacial score (nSPS) is 12.5. The molecule has 3 rings (SSSR count). The van der Waals surface area contributed by atoms with E-state index in [0.29, 0.717) is 23.9 Å². The molecule has 1 aromatic carbocycles. The number of nitrogens with zero attached hydrogens (tertiary/aromatic N) is 3. The van der Waals surface area contributed by atoms with Crippen molar-refractivity contribution in [1.82, 2.24) is 20.1 Å². The average molecular weight is 519 g/mol. The first-order valence-electron chi connectivity index (χ1n) is 12.6. The van der Waals surface area contributed by atoms with E-state index in [0.717, 1.165) is 21.5 Å². The number of rotatable bonds is 8. The molecule has 1 amide bonds. The van der Waals surface area contributed by atoms with Gasteiger partial charge in [0.1, 0.15) is 11.4 Å². The van der Waals surface area contributed by atoms with E-state index < -0.39 is 11.7 Å². The van der Waals surface area contributed by atoms with E-state index in [1.165, 1.54) is 6.08 Å². The number of aromatic nitrogens is 3. The van der Waals surface area contributed by atoms with Crippen LogP contribution in [0.2, 0.25) is 0 Å². The third kappa shape index (κ3) is 8.27. The van der Waals surface area contributed by atoms with E-state index in [4.69, 9.17) is 9.72 Å². The van der Waals surface area contributed by atoms with Crippen LogP contribution in [-0.4, -0.2) is 38.4 Å². The molecule has 2 aromatic heterocycles. The van der Waals surface area contributed by atoms with Gasteiger partial charge >= 0.3 is 6.09 Å². The summed E-state index contributed by atoms with van der Waals surface area (Å²) in [7, 11) is 0. The number of anilines is 3. The standard InChI is InChI=1S/C29H38N6O3/c1-9-26(36)31-22-12-10-11-21(17-22)23-15-20(18-30-19(2)28(3,4)5)16-25(32-23)33-24-13-14-35(34-24)27(37)38-29(6,7)8/h9-17,19,30H,1,18H2,2-8H3,(H,31,36)(H,32,33,34). The van der Waals surface area contributed by atoms with Crippen molar-refractivity contribution < 1.29 is 14.3 Å². The molecule has 202 valence electrons. The Kier molecular flexibility index (Phi) is 8.73. The zero-order chi connectivity index (χ0) is 28.1. The lowest BCUT2D eigenvalue weighted by atomic mass is 9.88. The molecule has 0 aliphatic rings. The first kappa shape index (κ1) is 28.6. The van der Waals surface area contributed by atoms with Crippen molar-refractivity contribution in [2.24, 2.45) is 5.41 Å². The second-order valence-corrected chi connectivity index (χ2v) is 11.2. The molecule has 0 aliphatic carbocycles. The number of hydrogen-bond donors (Lipinski definition) is 3. The fourth-order valence-electron chi connectivity index (χ4n) is 3.36. The van der Waals surface area contributed by atoms with Gasteiger partial charge in [0.25, 0.3) is 0 Å². The number of hydrogen-bond acceptors (Lipinski definition) is 7. The third-order valence-electron chi connectivity index (χ3n) is 5.83. The summed E-state index contributed by atoms with van der Waals surface area (Å²) in [6.07, 6.45) is 2.21. The first-order valence-corrected chi connectivity index (χ1v) is 12.6. The summed E-state index contributed by atoms with van der Waals surface area (Å²) in [6, 6.07) is 13.4. The zero-order valence-corrected chi connectivity index (χ0v) is 23.3. The topological polar surface area (TPSA) is 110 Å². The van der Waals surface area contributed by atoms with Crippen molar-refractivity contribution in [3.05, 3.63) is 66.9 Å². The van der Waals surface area contributed by atoms with E-state index in [9.17, 15) is 9.59 Å². The van der Waals surface area contributed by atoms with Gasteiger partial charge in [0, 0.05) is 36.1 Å². The van der Waals surface area contributed by atoms with Crippen LogP contribution in [0.5, 0.6) is 0 Å². The van der Waals surface area contributed by atoms with Gasteiger partial charge in [-0.25, -0.2) is 9.78 Å². The maximum Gasteiger partial charge on any atom is 0.435 e. The van der Waals surface area contributed by atoms with Gasteiger partial charge in [-0.2, -0.15) is 4.68 Å². The Balaban J connectivity index is 1.92. The Bertz CT molecular complexity index is 1300. The first-order chi connectivity index (χ1) is 17.7. The molecule has 0 saturated heterocycles. The number of amides is 1. The van der Waals surface area contributed by atoms with Crippen molar-refractivity contribution in [2.75, 3.05) is 10.6 Å². The molecule has 1 atom stereocenters. The Morgan fingerprint density at radius 1 is 1.08 bits per heavy atom. The van der Waals surface area contributed by atoms with Crippen molar-refractivity contribution in [1.29, 1.82) is 0 Å². The Morgan fingerprint density at radius 3 is 2.47 bits per heavy atom. The lowest BCUT2D eigenvalue weighted by molar-refractivity contribution is -0.111. The number of carbonyl (C=O) groups is 2. The third-order valence-corrected chi connectivity index (χ3v) is 5.83. The summed E-state index contributed by atoms with van der Waals surface area (Å²) in [5.74, 6) is 0.735. The van der Waals surface area contributed by atoms with E-state index in [2.05, 4.69) is 55.3 Å². The van der Waals surface area contributed by atoms with Crippen LogP contribution in [-0.2, 0) is 16.1 Å². The second-order valence-electron chi connectivity index (χ2n) is 11.2. The minimum absolute atomic E-state index is 0.100. The van der Waals surface area contributed by atoms with E-state index in [1.807, 2.05) is 36.4 Å². The SMILES string of the molecule is C=CC(=O)Nc1cccc(-c2cc(CNC(C)C(C)(C)C)cc(Nc3ccn(C(=O)OC(C)(C)C)n3)n2)c1. The van der Waals surface area contributed by atoms with Crippen molar-refractivity contribution >= 4 is 29.3 Å². The maximum absolute atomic E-state index is 12.4. The smallest absolute Gasteiger partial charge is 0.435 e. The Hall–Kier alpha value is -3.98. The highest BCUT2D eigenvalue weighted by Crippen LogP contribution is 2.26. The van der Waals surface area contributed by atoms with Crippen LogP contribution in [0, 0.1) is 5.41 Å². The van der Waals surface area contributed by atoms with Gasteiger partial charge in [-0.1, -0.05) is 39.5 Å². The number of benzene rings is 1. The molecule has 1 unspecified atom stereocenters. The maximum atomic E-state index is 12.4. The van der Waals surface area contributed by atoms with Crippen LogP contribution < -0.4 is 16.0 Å². The molecule has 9 heteroatoms. The molecular formula is C29H38N6O3. The second kappa shape index (κ2) is 11.6. The lowest BCUT2D eigenvalue weighted by Crippen LogP contribution is -2.37. The summed E-state index contributed by atoms with van der Waals surface area (Å²) in [5, 5.41) is 13.9. The highest BCUT2D eigenvalue weighted by molar-refractivity contribution is 5.99. The summed E-state index contributed by atoms with van der Waals surface area (Å²) in [6.45, 7) is 18.3. The van der Waals surface area contributed by atoms with Crippen molar-refractivity contribution in [3.63, 3.8) is 0 Å². The molecular weight excluding hydrogens is 480 g/mol. The molecule has 0 fully saturated rings. The number of ether oxygens (including phenoxy) is 1. The molecule has 3 aromatic rings. The Morgan fingerprint density at radius 2 is 1.82 bits per heavy atom. The summed E-state index contributed by atoms with van der Waals surface area (Å²) in [5.41, 5.74) is 2.68. The van der Waals surface area contributed by atoms with Crippen LogP contribution in [0.3, 0.4) is 0 Å². The lowest BCUT2D eigenvalue weighted by Gasteiger charge is -2.28. The van der Waals surface area contributed by atoms with E-state index in [-0.39, 0.29) is 17.4 Å². The van der Waals surface area contributed by atoms with Crippen molar-refractivity contribution in [3.8, 4) is 11.3 Å². The summed E-state index contributed by atoms with van der Waals surface area (Å²) >= 11 is 0. The van der Waals surface area contributed by atoms with E-state index in [1.54, 1.807) is 33.0 Å². The molecule has 2 heterocycles. The van der Waals surface area contributed by atoms with Gasteiger partial charge in [0.05, 0.1) is 5.69 Å². The van der Waals surface area contributed by atoms with Gasteiger partial charge in [-0.05, 0) is 69.0 Å². The van der Waals surface area contributed by atoms with Gasteiger partial charge in [-0.3, -0.25) is 4.79 Å². The quantitative estimate of drug-likeness (QED) is 0.308. The molecule has 0 saturated carbocycles. The molecule has 0 radical (unpaired) electrons. The van der Waals surface area contributed by atoms with Crippen LogP contribution in [0.1, 0.15) is 54.0 Å². The minimum atomic E-state index is -0.627. The molecule has 3 N–H and O–H groups in total. The fraction of sp³-hybridized carbons (Fsp3) is 0.379. The van der Waals surface area contributed by atoms with Crippen molar-refractivity contribution in [2.45, 2.75) is 66.7 Å². The molecule has 0 spiro atoms. The summed E-state index contributed by atoms with van der Waals surface area (Å²) in [4.78, 5) is 29.0. The number of carbonyl (C=O) groups excluding carboxylic acids is 2. The van der Waals surface area contributed by atoms with Gasteiger partial charge in [0.2, 0.25) is 5.91 Å². The molecule has 9 nitrogen and oxygen atoms in total. The summed E-state index contributed by atoms with van der Waals surface area (Å²) < 4.78 is 6.54. The largest absolute Gasteiger partial charge is 0.442 e. The molecule has 0 bridgehead atoms. The Labute approximate surface area is 224 Å². The van der Waals surface area contributed by atoms with Crippen LogP contribution >= 0.6 is 0 Å². The van der Waals surface area contributed by atoms with Crippen LogP contribution in [0.4, 0.5) is 22.1 Å². The van der Waals surface area contributed by atoms with Gasteiger partial charge in [-0.15, -0.1) is 5.10 Å². The minimum Gasteiger partial charge on any atom is -0.442 e. The predicted octanol–water partition coefficient (Wildman–Crippen LogP) is 6.12. The average Bonchev–Trinajstić information content (AvgIpc) is 3.29.